The number of imide groups is 1. The minimum absolute atomic E-state index is 0.0250. The predicted octanol–water partition coefficient (Wildman–Crippen LogP) is 6.89. The molecular formula is C44H44F2N6O5. The zero-order chi connectivity index (χ0) is 39.8. The van der Waals surface area contributed by atoms with Gasteiger partial charge in [0, 0.05) is 94.9 Å². The third-order valence-electron chi connectivity index (χ3n) is 11.5. The number of halogens is 2. The summed E-state index contributed by atoms with van der Waals surface area (Å²) in [7, 11) is 3.22. The summed E-state index contributed by atoms with van der Waals surface area (Å²) >= 11 is 0. The Bertz CT molecular complexity index is 2380. The van der Waals surface area contributed by atoms with E-state index in [9.17, 15) is 19.2 Å². The Kier molecular flexibility index (Phi) is 10.5. The van der Waals surface area contributed by atoms with Crippen LogP contribution in [-0.4, -0.2) is 83.5 Å². The van der Waals surface area contributed by atoms with Crippen LogP contribution in [0.1, 0.15) is 77.6 Å². The number of amides is 4. The highest BCUT2D eigenvalue weighted by Gasteiger charge is 2.31. The number of fused-ring (bicyclic) bond motifs is 1. The Morgan fingerprint density at radius 2 is 1.75 bits per heavy atom. The lowest BCUT2D eigenvalue weighted by atomic mass is 9.85. The second-order valence-electron chi connectivity index (χ2n) is 15.3. The fourth-order valence-electron chi connectivity index (χ4n) is 8.30. The maximum atomic E-state index is 16.5. The molecule has 1 atom stereocenters. The lowest BCUT2D eigenvalue weighted by Crippen LogP contribution is -2.39. The van der Waals surface area contributed by atoms with Crippen LogP contribution in [-0.2, 0) is 20.9 Å². The molecule has 2 saturated heterocycles. The fourth-order valence-corrected chi connectivity index (χ4v) is 8.30. The van der Waals surface area contributed by atoms with Gasteiger partial charge in [-0.1, -0.05) is 30.3 Å². The van der Waals surface area contributed by atoms with Crippen LogP contribution in [0, 0.1) is 11.6 Å². The number of hydrogen-bond acceptors (Lipinski definition) is 7. The fraction of sp³-hybridized carbons (Fsp3) is 0.341. The monoisotopic (exact) mass is 774 g/mol. The van der Waals surface area contributed by atoms with E-state index >= 15 is 8.78 Å². The zero-order valence-corrected chi connectivity index (χ0v) is 32.0. The molecule has 57 heavy (non-hydrogen) atoms. The maximum Gasteiger partial charge on any atom is 0.289 e. The van der Waals surface area contributed by atoms with Crippen molar-refractivity contribution >= 4 is 45.9 Å². The lowest BCUT2D eigenvalue weighted by Gasteiger charge is -2.34. The molecule has 2 aromatic heterocycles. The van der Waals surface area contributed by atoms with E-state index in [2.05, 4.69) is 15.3 Å². The van der Waals surface area contributed by atoms with E-state index in [1.165, 1.54) is 17.0 Å². The number of piperidine rings is 2. The normalized spacial score (nSPS) is 17.8. The van der Waals surface area contributed by atoms with E-state index < -0.39 is 11.7 Å². The molecule has 5 aromatic rings. The zero-order valence-electron chi connectivity index (χ0n) is 32.0. The smallest absolute Gasteiger partial charge is 0.289 e. The van der Waals surface area contributed by atoms with Crippen molar-refractivity contribution < 1.29 is 32.4 Å². The van der Waals surface area contributed by atoms with Crippen molar-refractivity contribution in [1.82, 2.24) is 24.9 Å². The molecule has 0 radical (unpaired) electrons. The van der Waals surface area contributed by atoms with Crippen molar-refractivity contribution in [2.75, 3.05) is 45.2 Å². The van der Waals surface area contributed by atoms with Crippen LogP contribution in [0.15, 0.2) is 83.6 Å². The highest BCUT2D eigenvalue weighted by Crippen LogP contribution is 2.40. The highest BCUT2D eigenvalue weighted by atomic mass is 19.1. The first-order valence-corrected chi connectivity index (χ1v) is 19.4. The first-order chi connectivity index (χ1) is 27.5. The predicted molar refractivity (Wildman–Crippen MR) is 211 cm³/mol. The topological polar surface area (TPSA) is 121 Å². The molecule has 1 unspecified atom stereocenters. The Hall–Kier alpha value is -6.11. The Balaban J connectivity index is 1.01. The molecule has 0 aliphatic carbocycles. The van der Waals surface area contributed by atoms with Crippen molar-refractivity contribution in [2.24, 2.45) is 0 Å². The van der Waals surface area contributed by atoms with Gasteiger partial charge in [0.25, 0.3) is 5.91 Å². The molecule has 0 spiro atoms. The van der Waals surface area contributed by atoms with Crippen LogP contribution in [0.25, 0.3) is 27.7 Å². The van der Waals surface area contributed by atoms with Crippen molar-refractivity contribution in [2.45, 2.75) is 56.9 Å². The van der Waals surface area contributed by atoms with Gasteiger partial charge in [-0.3, -0.25) is 29.2 Å². The average molecular weight is 775 g/mol. The average Bonchev–Trinajstić information content (AvgIpc) is 3.92. The van der Waals surface area contributed by atoms with Gasteiger partial charge in [-0.05, 0) is 84.2 Å². The van der Waals surface area contributed by atoms with Crippen molar-refractivity contribution in [3.8, 4) is 11.1 Å². The van der Waals surface area contributed by atoms with Gasteiger partial charge in [0.1, 0.15) is 17.2 Å². The second-order valence-corrected chi connectivity index (χ2v) is 15.3. The number of furan rings is 1. The van der Waals surface area contributed by atoms with Gasteiger partial charge < -0.3 is 19.1 Å². The molecule has 13 heteroatoms. The molecule has 0 saturated carbocycles. The standard InChI is InChI=1S/C44H44F2N6O5/c1-49(2)44(56)38-25-36-41(46)34(30-5-3-18-51(26-30)40(54)16-22-52-19-4-17-47-52)24-35(42(36)57-38)27-6-9-31(10-7-27)50-20-14-28(15-21-50)32-11-8-29(23-37(32)45)33-12-13-39(53)48-43(33)55/h4-11,17,19,23-25,28,33H,3,12-16,18,20-22,26H2,1-2H3,(H,48,53,55). The van der Waals surface area contributed by atoms with Gasteiger partial charge in [-0.25, -0.2) is 8.78 Å². The number of carbonyl (C=O) groups excluding carboxylic acids is 4. The lowest BCUT2D eigenvalue weighted by molar-refractivity contribution is -0.134. The molecular weight excluding hydrogens is 731 g/mol. The van der Waals surface area contributed by atoms with Crippen LogP contribution in [0.3, 0.4) is 0 Å². The number of benzene rings is 3. The first-order valence-electron chi connectivity index (χ1n) is 19.4. The number of rotatable bonds is 9. The molecule has 3 aliphatic heterocycles. The number of nitrogens with zero attached hydrogens (tertiary/aromatic N) is 5. The Morgan fingerprint density at radius 1 is 0.965 bits per heavy atom. The summed E-state index contributed by atoms with van der Waals surface area (Å²) in [4.78, 5) is 55.5. The summed E-state index contributed by atoms with van der Waals surface area (Å²) in [6.45, 7) is 2.67. The van der Waals surface area contributed by atoms with E-state index in [0.717, 1.165) is 24.1 Å². The van der Waals surface area contributed by atoms with Gasteiger partial charge >= 0.3 is 0 Å². The Labute approximate surface area is 328 Å². The molecule has 1 N–H and O–H groups in total. The van der Waals surface area contributed by atoms with E-state index in [4.69, 9.17) is 4.42 Å². The van der Waals surface area contributed by atoms with Crippen LogP contribution in [0.4, 0.5) is 14.5 Å². The van der Waals surface area contributed by atoms with Crippen molar-refractivity contribution in [3.05, 3.63) is 113 Å². The van der Waals surface area contributed by atoms with Gasteiger partial charge in [-0.2, -0.15) is 5.10 Å². The number of aromatic nitrogens is 2. The summed E-state index contributed by atoms with van der Waals surface area (Å²) in [6, 6.07) is 18.0. The second kappa shape index (κ2) is 15.8. The van der Waals surface area contributed by atoms with Gasteiger partial charge in [0.2, 0.25) is 17.7 Å². The van der Waals surface area contributed by atoms with E-state index in [1.807, 2.05) is 48.7 Å². The number of anilines is 1. The SMILES string of the molecule is CN(C)C(=O)c1cc2c(F)c(C3=CCCN(C(=O)CCn4cccn4)C3)cc(-c3ccc(N4CCC(c5ccc(C6CCC(=O)NC6=O)cc5F)CC4)cc3)c2o1. The van der Waals surface area contributed by atoms with Gasteiger partial charge in [0.15, 0.2) is 5.76 Å². The van der Waals surface area contributed by atoms with Crippen molar-refractivity contribution in [3.63, 3.8) is 0 Å². The van der Waals surface area contributed by atoms with E-state index in [-0.39, 0.29) is 71.5 Å². The number of hydrogen-bond donors (Lipinski definition) is 1. The molecule has 8 rings (SSSR count). The van der Waals surface area contributed by atoms with Crippen LogP contribution < -0.4 is 10.2 Å². The molecule has 2 fully saturated rings. The molecule has 5 heterocycles. The molecule has 4 amide bonds. The van der Waals surface area contributed by atoms with Crippen LogP contribution in [0.2, 0.25) is 0 Å². The minimum Gasteiger partial charge on any atom is -0.450 e. The van der Waals surface area contributed by atoms with Crippen LogP contribution >= 0.6 is 0 Å². The summed E-state index contributed by atoms with van der Waals surface area (Å²) in [5.74, 6) is -2.40. The summed E-state index contributed by atoms with van der Waals surface area (Å²) in [5.41, 5.74) is 4.94. The highest BCUT2D eigenvalue weighted by molar-refractivity contribution is 6.02. The number of nitrogens with one attached hydrogen (secondary N) is 1. The van der Waals surface area contributed by atoms with Crippen LogP contribution in [0.5, 0.6) is 0 Å². The largest absolute Gasteiger partial charge is 0.450 e. The number of carbonyl (C=O) groups is 4. The molecule has 3 aliphatic rings. The van der Waals surface area contributed by atoms with Crippen molar-refractivity contribution in [1.29, 1.82) is 0 Å². The Morgan fingerprint density at radius 3 is 2.46 bits per heavy atom. The van der Waals surface area contributed by atoms with Gasteiger partial charge in [-0.15, -0.1) is 0 Å². The molecule has 11 nitrogen and oxygen atoms in total. The van der Waals surface area contributed by atoms with E-state index in [0.29, 0.717) is 66.8 Å². The molecule has 3 aromatic carbocycles. The summed E-state index contributed by atoms with van der Waals surface area (Å²) in [5, 5.41) is 6.73. The third kappa shape index (κ3) is 7.70. The van der Waals surface area contributed by atoms with E-state index in [1.54, 1.807) is 42.0 Å². The quantitative estimate of drug-likeness (QED) is 0.162. The minimum atomic E-state index is -0.529. The summed E-state index contributed by atoms with van der Waals surface area (Å²) < 4.78 is 39.7. The number of aryl methyl sites for hydroxylation is 1. The first kappa shape index (κ1) is 37.8. The van der Waals surface area contributed by atoms with Gasteiger partial charge in [0.05, 0.1) is 11.3 Å². The third-order valence-corrected chi connectivity index (χ3v) is 11.5. The maximum absolute atomic E-state index is 16.5. The molecule has 294 valence electrons. The summed E-state index contributed by atoms with van der Waals surface area (Å²) in [6.07, 6.45) is 8.42. The molecule has 0 bridgehead atoms.